The molecule has 94 valence electrons. The molecule has 2 unspecified atom stereocenters. The summed E-state index contributed by atoms with van der Waals surface area (Å²) in [5.41, 5.74) is 6.59. The Bertz CT molecular complexity index is 361. The first-order valence-electron chi connectivity index (χ1n) is 5.75. The van der Waals surface area contributed by atoms with Crippen LogP contribution in [0.2, 0.25) is 0 Å². The first-order valence-corrected chi connectivity index (χ1v) is 5.75. The molecule has 0 aliphatic heterocycles. The van der Waals surface area contributed by atoms with Gasteiger partial charge in [-0.15, -0.1) is 0 Å². The minimum Gasteiger partial charge on any atom is -0.491 e. The summed E-state index contributed by atoms with van der Waals surface area (Å²) < 4.78 is 5.29. The van der Waals surface area contributed by atoms with Crippen LogP contribution in [0.15, 0.2) is 24.3 Å². The van der Waals surface area contributed by atoms with E-state index < -0.39 is 12.0 Å². The van der Waals surface area contributed by atoms with E-state index in [4.69, 9.17) is 15.6 Å². The van der Waals surface area contributed by atoms with Crippen LogP contribution >= 0.6 is 0 Å². The second kappa shape index (κ2) is 6.25. The average molecular weight is 237 g/mol. The van der Waals surface area contributed by atoms with E-state index in [1.54, 1.807) is 0 Å². The van der Waals surface area contributed by atoms with E-state index in [1.165, 1.54) is 5.56 Å². The molecular formula is C13H19NO3. The van der Waals surface area contributed by atoms with E-state index in [-0.39, 0.29) is 6.61 Å². The molecule has 0 aromatic heterocycles. The fourth-order valence-electron chi connectivity index (χ4n) is 1.39. The topological polar surface area (TPSA) is 72.5 Å². The van der Waals surface area contributed by atoms with Crippen molar-refractivity contribution in [3.8, 4) is 5.75 Å². The van der Waals surface area contributed by atoms with Crippen LogP contribution in [0.3, 0.4) is 0 Å². The van der Waals surface area contributed by atoms with Gasteiger partial charge in [0.25, 0.3) is 0 Å². The maximum absolute atomic E-state index is 10.5. The van der Waals surface area contributed by atoms with Crippen molar-refractivity contribution in [1.82, 2.24) is 0 Å². The highest BCUT2D eigenvalue weighted by Crippen LogP contribution is 2.21. The predicted molar refractivity (Wildman–Crippen MR) is 66.3 cm³/mol. The highest BCUT2D eigenvalue weighted by atomic mass is 16.5. The number of aliphatic carboxylic acids is 1. The smallest absolute Gasteiger partial charge is 0.324 e. The standard InChI is InChI=1S/C13H19NO3/c1-3-9(2)10-4-6-11(7-5-10)17-8-12(14)13(15)16/h4-7,9,12H,3,8,14H2,1-2H3,(H,15,16). The lowest BCUT2D eigenvalue weighted by atomic mass is 9.99. The highest BCUT2D eigenvalue weighted by Gasteiger charge is 2.12. The Kier molecular flexibility index (Phi) is 4.97. The van der Waals surface area contributed by atoms with E-state index in [0.29, 0.717) is 11.7 Å². The molecule has 1 aromatic rings. The lowest BCUT2D eigenvalue weighted by Gasteiger charge is -2.12. The number of carboxylic acid groups (broad SMARTS) is 1. The molecule has 1 aromatic carbocycles. The van der Waals surface area contributed by atoms with E-state index in [9.17, 15) is 4.79 Å². The minimum absolute atomic E-state index is 0.0159. The van der Waals surface area contributed by atoms with Crippen molar-refractivity contribution in [2.45, 2.75) is 32.2 Å². The van der Waals surface area contributed by atoms with Crippen LogP contribution in [0.1, 0.15) is 31.7 Å². The maximum Gasteiger partial charge on any atom is 0.324 e. The van der Waals surface area contributed by atoms with Crippen molar-refractivity contribution in [2.75, 3.05) is 6.61 Å². The summed E-state index contributed by atoms with van der Waals surface area (Å²) in [7, 11) is 0. The number of carboxylic acids is 1. The van der Waals surface area contributed by atoms with Crippen molar-refractivity contribution in [3.05, 3.63) is 29.8 Å². The fraction of sp³-hybridized carbons (Fsp3) is 0.462. The molecule has 2 atom stereocenters. The second-order valence-corrected chi connectivity index (χ2v) is 4.13. The number of nitrogens with two attached hydrogens (primary N) is 1. The number of benzene rings is 1. The minimum atomic E-state index is -1.05. The number of hydrogen-bond donors (Lipinski definition) is 2. The van der Waals surface area contributed by atoms with Gasteiger partial charge in [0.2, 0.25) is 0 Å². The summed E-state index contributed by atoms with van der Waals surface area (Å²) in [5.74, 6) is 0.111. The van der Waals surface area contributed by atoms with Gasteiger partial charge in [-0.2, -0.15) is 0 Å². The molecule has 0 amide bonds. The molecule has 0 spiro atoms. The van der Waals surface area contributed by atoms with Crippen molar-refractivity contribution in [3.63, 3.8) is 0 Å². The normalized spacial score (nSPS) is 14.1. The van der Waals surface area contributed by atoms with Gasteiger partial charge in [-0.25, -0.2) is 0 Å². The Labute approximate surface area is 101 Å². The third kappa shape index (κ3) is 4.07. The van der Waals surface area contributed by atoms with Gasteiger partial charge in [0.15, 0.2) is 0 Å². The predicted octanol–water partition coefficient (Wildman–Crippen LogP) is 1.99. The Balaban J connectivity index is 2.54. The van der Waals surface area contributed by atoms with Crippen molar-refractivity contribution in [2.24, 2.45) is 5.73 Å². The van der Waals surface area contributed by atoms with Crippen LogP contribution in [-0.4, -0.2) is 23.7 Å². The van der Waals surface area contributed by atoms with Crippen molar-refractivity contribution in [1.29, 1.82) is 0 Å². The van der Waals surface area contributed by atoms with Crippen molar-refractivity contribution < 1.29 is 14.6 Å². The Morgan fingerprint density at radius 2 is 2.00 bits per heavy atom. The van der Waals surface area contributed by atoms with Gasteiger partial charge in [0.05, 0.1) is 0 Å². The fourth-order valence-corrected chi connectivity index (χ4v) is 1.39. The zero-order valence-corrected chi connectivity index (χ0v) is 10.2. The van der Waals surface area contributed by atoms with Crippen LogP contribution in [-0.2, 0) is 4.79 Å². The largest absolute Gasteiger partial charge is 0.491 e. The second-order valence-electron chi connectivity index (χ2n) is 4.13. The number of ether oxygens (including phenoxy) is 1. The quantitative estimate of drug-likeness (QED) is 0.793. The molecular weight excluding hydrogens is 218 g/mol. The van der Waals surface area contributed by atoms with Crippen LogP contribution < -0.4 is 10.5 Å². The molecule has 4 heteroatoms. The molecule has 0 bridgehead atoms. The van der Waals surface area contributed by atoms with Gasteiger partial charge in [-0.1, -0.05) is 26.0 Å². The van der Waals surface area contributed by atoms with E-state index in [0.717, 1.165) is 6.42 Å². The monoisotopic (exact) mass is 237 g/mol. The van der Waals surface area contributed by atoms with E-state index in [1.807, 2.05) is 24.3 Å². The zero-order valence-electron chi connectivity index (χ0n) is 10.2. The Morgan fingerprint density at radius 1 is 1.41 bits per heavy atom. The molecule has 3 N–H and O–H groups in total. The summed E-state index contributed by atoms with van der Waals surface area (Å²) in [6, 6.07) is 6.70. The van der Waals surface area contributed by atoms with Gasteiger partial charge in [0.1, 0.15) is 18.4 Å². The number of hydrogen-bond acceptors (Lipinski definition) is 3. The van der Waals surface area contributed by atoms with E-state index in [2.05, 4.69) is 13.8 Å². The molecule has 1 rings (SSSR count). The first-order chi connectivity index (χ1) is 8.04. The maximum atomic E-state index is 10.5. The zero-order chi connectivity index (χ0) is 12.8. The van der Waals surface area contributed by atoms with Gasteiger partial charge < -0.3 is 15.6 Å². The SMILES string of the molecule is CCC(C)c1ccc(OCC(N)C(=O)O)cc1. The average Bonchev–Trinajstić information content (AvgIpc) is 2.35. The summed E-state index contributed by atoms with van der Waals surface area (Å²) >= 11 is 0. The molecule has 0 saturated carbocycles. The van der Waals surface area contributed by atoms with Crippen molar-refractivity contribution >= 4 is 5.97 Å². The molecule has 17 heavy (non-hydrogen) atoms. The van der Waals surface area contributed by atoms with Crippen LogP contribution in [0.25, 0.3) is 0 Å². The summed E-state index contributed by atoms with van der Waals surface area (Å²) in [4.78, 5) is 10.5. The van der Waals surface area contributed by atoms with Gasteiger partial charge in [-0.3, -0.25) is 4.79 Å². The van der Waals surface area contributed by atoms with Gasteiger partial charge >= 0.3 is 5.97 Å². The third-order valence-corrected chi connectivity index (χ3v) is 2.81. The van der Waals surface area contributed by atoms with E-state index >= 15 is 0 Å². The number of carbonyl (C=O) groups is 1. The molecule has 0 heterocycles. The summed E-state index contributed by atoms with van der Waals surface area (Å²) in [6.07, 6.45) is 1.09. The van der Waals surface area contributed by atoms with Gasteiger partial charge in [-0.05, 0) is 30.0 Å². The Morgan fingerprint density at radius 3 is 2.47 bits per heavy atom. The molecule has 4 nitrogen and oxygen atoms in total. The molecule has 0 aliphatic rings. The lowest BCUT2D eigenvalue weighted by Crippen LogP contribution is -2.36. The molecule has 0 aliphatic carbocycles. The Hall–Kier alpha value is -1.55. The third-order valence-electron chi connectivity index (χ3n) is 2.81. The highest BCUT2D eigenvalue weighted by molar-refractivity contribution is 5.73. The van der Waals surface area contributed by atoms with Gasteiger partial charge in [0, 0.05) is 0 Å². The summed E-state index contributed by atoms with van der Waals surface area (Å²) in [5, 5.41) is 8.60. The van der Waals surface area contributed by atoms with Crippen LogP contribution in [0, 0.1) is 0 Å². The summed E-state index contributed by atoms with van der Waals surface area (Å²) in [6.45, 7) is 4.29. The lowest BCUT2D eigenvalue weighted by molar-refractivity contribution is -0.139. The molecule has 0 fully saturated rings. The first kappa shape index (κ1) is 13.5. The molecule has 0 radical (unpaired) electrons. The van der Waals surface area contributed by atoms with Crippen LogP contribution in [0.4, 0.5) is 0 Å². The molecule has 0 saturated heterocycles. The number of rotatable bonds is 6. The van der Waals surface area contributed by atoms with Crippen LogP contribution in [0.5, 0.6) is 5.75 Å².